The third kappa shape index (κ3) is 6.03. The van der Waals surface area contributed by atoms with Crippen molar-refractivity contribution in [2.75, 3.05) is 38.0 Å². The molecule has 1 aliphatic carbocycles. The number of carbonyl (C=O) groups excluding carboxylic acids is 2. The molecule has 160 valence electrons. The highest BCUT2D eigenvalue weighted by atomic mass is 16.2. The first kappa shape index (κ1) is 21.8. The van der Waals surface area contributed by atoms with Crippen LogP contribution in [0.4, 0.5) is 5.69 Å². The summed E-state index contributed by atoms with van der Waals surface area (Å²) in [6, 6.07) is 6.36. The second-order valence-electron chi connectivity index (χ2n) is 8.95. The van der Waals surface area contributed by atoms with Gasteiger partial charge in [-0.05, 0) is 50.8 Å². The zero-order valence-corrected chi connectivity index (χ0v) is 18.3. The number of nitrogens with one attached hydrogen (secondary N) is 4. The lowest BCUT2D eigenvalue weighted by atomic mass is 9.95. The van der Waals surface area contributed by atoms with E-state index in [0.717, 1.165) is 50.3 Å². The summed E-state index contributed by atoms with van der Waals surface area (Å²) in [6.07, 6.45) is 6.02. The van der Waals surface area contributed by atoms with E-state index in [1.54, 1.807) is 0 Å². The van der Waals surface area contributed by atoms with Crippen molar-refractivity contribution in [2.45, 2.75) is 65.0 Å². The maximum absolute atomic E-state index is 12.6. The van der Waals surface area contributed by atoms with Gasteiger partial charge in [0.1, 0.15) is 26.2 Å². The van der Waals surface area contributed by atoms with Crippen molar-refractivity contribution in [3.05, 3.63) is 29.3 Å². The Labute approximate surface area is 175 Å². The van der Waals surface area contributed by atoms with Gasteiger partial charge in [0, 0.05) is 11.7 Å². The summed E-state index contributed by atoms with van der Waals surface area (Å²) in [5.74, 6) is 0.267. The van der Waals surface area contributed by atoms with Crippen LogP contribution in [-0.4, -0.2) is 56.6 Å². The minimum absolute atomic E-state index is 0.0118. The van der Waals surface area contributed by atoms with E-state index >= 15 is 0 Å². The van der Waals surface area contributed by atoms with Crippen molar-refractivity contribution in [3.63, 3.8) is 0 Å². The molecule has 0 aromatic heterocycles. The molecule has 3 rings (SSSR count). The molecule has 29 heavy (non-hydrogen) atoms. The van der Waals surface area contributed by atoms with Crippen LogP contribution in [0.1, 0.15) is 50.2 Å². The molecule has 1 aliphatic heterocycles. The Morgan fingerprint density at radius 3 is 2.45 bits per heavy atom. The molecule has 6 nitrogen and oxygen atoms in total. The van der Waals surface area contributed by atoms with Gasteiger partial charge in [-0.15, -0.1) is 0 Å². The van der Waals surface area contributed by atoms with Gasteiger partial charge in [0.2, 0.25) is 0 Å². The van der Waals surface area contributed by atoms with Crippen molar-refractivity contribution in [1.82, 2.24) is 5.32 Å². The topological polar surface area (TPSA) is 67.1 Å². The first-order valence-corrected chi connectivity index (χ1v) is 11.3. The Balaban J connectivity index is 1.41. The summed E-state index contributed by atoms with van der Waals surface area (Å²) >= 11 is 0. The second-order valence-corrected chi connectivity index (χ2v) is 8.95. The predicted octanol–water partition coefficient (Wildman–Crippen LogP) is -0.137. The molecule has 0 spiro atoms. The molecule has 1 aromatic carbocycles. The number of quaternary nitrogens is 2. The molecule has 1 heterocycles. The molecule has 1 saturated heterocycles. The van der Waals surface area contributed by atoms with Crippen LogP contribution in [0.15, 0.2) is 18.2 Å². The van der Waals surface area contributed by atoms with Gasteiger partial charge >= 0.3 is 0 Å². The molecule has 0 bridgehead atoms. The van der Waals surface area contributed by atoms with Crippen LogP contribution >= 0.6 is 0 Å². The molecule has 1 atom stereocenters. The molecule has 0 unspecified atom stereocenters. The van der Waals surface area contributed by atoms with E-state index in [0.29, 0.717) is 12.6 Å². The Hall–Kier alpha value is -1.92. The van der Waals surface area contributed by atoms with Crippen molar-refractivity contribution >= 4 is 17.5 Å². The van der Waals surface area contributed by atoms with E-state index in [2.05, 4.69) is 23.6 Å². The number of aryl methyl sites for hydroxylation is 1. The maximum Gasteiger partial charge on any atom is 0.279 e. The third-order valence-electron chi connectivity index (χ3n) is 6.85. The van der Waals surface area contributed by atoms with Crippen LogP contribution in [0.3, 0.4) is 0 Å². The minimum atomic E-state index is -0.0118. The number of hydrogen-bond acceptors (Lipinski definition) is 2. The smallest absolute Gasteiger partial charge is 0.279 e. The van der Waals surface area contributed by atoms with E-state index in [4.69, 9.17) is 0 Å². The van der Waals surface area contributed by atoms with E-state index in [1.165, 1.54) is 34.6 Å². The summed E-state index contributed by atoms with van der Waals surface area (Å²) in [5.41, 5.74) is 3.22. The Kier molecular flexibility index (Phi) is 7.67. The molecule has 0 radical (unpaired) electrons. The highest BCUT2D eigenvalue weighted by Crippen LogP contribution is 2.18. The number of piperazine rings is 1. The number of amides is 2. The number of rotatable bonds is 6. The van der Waals surface area contributed by atoms with Crippen LogP contribution in [-0.2, 0) is 9.59 Å². The fraction of sp³-hybridized carbons (Fsp3) is 0.652. The molecule has 2 aliphatic rings. The van der Waals surface area contributed by atoms with E-state index in [9.17, 15) is 9.59 Å². The summed E-state index contributed by atoms with van der Waals surface area (Å²) in [7, 11) is 0. The third-order valence-corrected chi connectivity index (χ3v) is 6.85. The summed E-state index contributed by atoms with van der Waals surface area (Å²) < 4.78 is 0. The van der Waals surface area contributed by atoms with Crippen LogP contribution < -0.4 is 20.4 Å². The molecule has 4 N–H and O–H groups in total. The van der Waals surface area contributed by atoms with Gasteiger partial charge in [-0.3, -0.25) is 9.59 Å². The van der Waals surface area contributed by atoms with Gasteiger partial charge in [0.25, 0.3) is 11.8 Å². The molecule has 2 fully saturated rings. The van der Waals surface area contributed by atoms with E-state index < -0.39 is 0 Å². The normalized spacial score (nSPS) is 24.0. The minimum Gasteiger partial charge on any atom is -0.348 e. The standard InChI is InChI=1S/C23H36N4O2/c1-17-8-7-11-21(18(17)2)25-22(28)16-26-12-14-27(15-13-26)19(3)23(29)24-20-9-5-4-6-10-20/h7-8,11,19-20H,4-6,9-10,12-16H2,1-3H3,(H,24,29)(H,25,28)/p+2/t19-/m1/s1. The Morgan fingerprint density at radius 1 is 1.07 bits per heavy atom. The van der Waals surface area contributed by atoms with Crippen molar-refractivity contribution < 1.29 is 19.4 Å². The van der Waals surface area contributed by atoms with Gasteiger partial charge in [-0.25, -0.2) is 0 Å². The molecule has 1 saturated carbocycles. The van der Waals surface area contributed by atoms with Gasteiger partial charge in [0.15, 0.2) is 12.6 Å². The van der Waals surface area contributed by atoms with Crippen molar-refractivity contribution in [3.8, 4) is 0 Å². The van der Waals surface area contributed by atoms with Gasteiger partial charge in [-0.1, -0.05) is 31.4 Å². The molecule has 1 aromatic rings. The van der Waals surface area contributed by atoms with Crippen molar-refractivity contribution in [2.24, 2.45) is 0 Å². The fourth-order valence-corrected chi connectivity index (χ4v) is 4.60. The SMILES string of the molecule is Cc1cccc(NC(=O)C[NH+]2CC[NH+]([C@H](C)C(=O)NC3CCCCC3)CC2)c1C. The summed E-state index contributed by atoms with van der Waals surface area (Å²) in [4.78, 5) is 27.8. The molecule has 2 amide bonds. The number of benzene rings is 1. The van der Waals surface area contributed by atoms with Crippen LogP contribution in [0.5, 0.6) is 0 Å². The molecule has 6 heteroatoms. The maximum atomic E-state index is 12.6. The Morgan fingerprint density at radius 2 is 1.76 bits per heavy atom. The predicted molar refractivity (Wildman–Crippen MR) is 115 cm³/mol. The lowest BCUT2D eigenvalue weighted by Gasteiger charge is -2.33. The lowest BCUT2D eigenvalue weighted by molar-refractivity contribution is -1.01. The average molecular weight is 403 g/mol. The number of carbonyl (C=O) groups is 2. The fourth-order valence-electron chi connectivity index (χ4n) is 4.60. The lowest BCUT2D eigenvalue weighted by Crippen LogP contribution is -3.30. The largest absolute Gasteiger partial charge is 0.348 e. The van der Waals surface area contributed by atoms with Gasteiger partial charge in [-0.2, -0.15) is 0 Å². The highest BCUT2D eigenvalue weighted by Gasteiger charge is 2.32. The number of hydrogen-bond donors (Lipinski definition) is 4. The van der Waals surface area contributed by atoms with Gasteiger partial charge in [0.05, 0.1) is 0 Å². The molecular weight excluding hydrogens is 364 g/mol. The van der Waals surface area contributed by atoms with Gasteiger partial charge < -0.3 is 20.4 Å². The highest BCUT2D eigenvalue weighted by molar-refractivity contribution is 5.92. The zero-order valence-electron chi connectivity index (χ0n) is 18.3. The Bertz CT molecular complexity index is 707. The van der Waals surface area contributed by atoms with E-state index in [-0.39, 0.29) is 17.9 Å². The first-order chi connectivity index (χ1) is 13.9. The van der Waals surface area contributed by atoms with Crippen LogP contribution in [0, 0.1) is 13.8 Å². The second kappa shape index (κ2) is 10.2. The van der Waals surface area contributed by atoms with E-state index in [1.807, 2.05) is 26.0 Å². The zero-order chi connectivity index (χ0) is 20.8. The number of anilines is 1. The first-order valence-electron chi connectivity index (χ1n) is 11.3. The van der Waals surface area contributed by atoms with Crippen molar-refractivity contribution in [1.29, 1.82) is 0 Å². The average Bonchev–Trinajstić information content (AvgIpc) is 2.72. The van der Waals surface area contributed by atoms with Crippen LogP contribution in [0.2, 0.25) is 0 Å². The van der Waals surface area contributed by atoms with Crippen LogP contribution in [0.25, 0.3) is 0 Å². The monoisotopic (exact) mass is 402 g/mol. The summed E-state index contributed by atoms with van der Waals surface area (Å²) in [6.45, 7) is 10.4. The quantitative estimate of drug-likeness (QED) is 0.535. The molecular formula is C23H38N4O2+2. The summed E-state index contributed by atoms with van der Waals surface area (Å²) in [5, 5.41) is 6.33.